The zero-order chi connectivity index (χ0) is 13.5. The van der Waals surface area contributed by atoms with Crippen LogP contribution in [0.3, 0.4) is 0 Å². The molecule has 0 heterocycles. The van der Waals surface area contributed by atoms with Gasteiger partial charge in [-0.1, -0.05) is 52.3 Å². The van der Waals surface area contributed by atoms with E-state index in [2.05, 4.69) is 15.9 Å². The van der Waals surface area contributed by atoms with Crippen LogP contribution in [0.15, 0.2) is 53.0 Å². The van der Waals surface area contributed by atoms with E-state index in [0.29, 0.717) is 12.0 Å². The first-order valence-corrected chi connectivity index (χ1v) is 7.02. The van der Waals surface area contributed by atoms with E-state index < -0.39 is 5.60 Å². The predicted octanol–water partition coefficient (Wildman–Crippen LogP) is 3.47. The fourth-order valence-electron chi connectivity index (χ4n) is 2.69. The Hall–Kier alpha value is -1.45. The van der Waals surface area contributed by atoms with Gasteiger partial charge in [-0.2, -0.15) is 0 Å². The van der Waals surface area contributed by atoms with Crippen LogP contribution in [-0.4, -0.2) is 10.9 Å². The lowest BCUT2D eigenvalue weighted by atomic mass is 9.87. The number of halogens is 1. The van der Waals surface area contributed by atoms with Crippen molar-refractivity contribution in [3.8, 4) is 0 Å². The van der Waals surface area contributed by atoms with Crippen molar-refractivity contribution in [1.82, 2.24) is 0 Å². The van der Waals surface area contributed by atoms with Crippen LogP contribution in [0.5, 0.6) is 0 Å². The number of benzene rings is 2. The maximum absolute atomic E-state index is 12.6. The van der Waals surface area contributed by atoms with Crippen LogP contribution >= 0.6 is 15.9 Å². The van der Waals surface area contributed by atoms with E-state index in [1.807, 2.05) is 36.4 Å². The van der Waals surface area contributed by atoms with Crippen molar-refractivity contribution in [2.45, 2.75) is 18.4 Å². The van der Waals surface area contributed by atoms with Crippen LogP contribution in [0, 0.1) is 0 Å². The molecule has 2 aromatic rings. The molecule has 0 radical (unpaired) electrons. The van der Waals surface area contributed by atoms with E-state index in [-0.39, 0.29) is 5.78 Å². The Bertz CT molecular complexity index is 636. The molecule has 1 atom stereocenters. The average molecular weight is 317 g/mol. The van der Waals surface area contributed by atoms with Gasteiger partial charge in [-0.25, -0.2) is 0 Å². The Labute approximate surface area is 120 Å². The topological polar surface area (TPSA) is 37.3 Å². The number of Topliss-reactive ketones (excluding diaryl/α,β-unsaturated/α-hetero) is 1. The molecule has 3 heteroatoms. The second-order valence-corrected chi connectivity index (χ2v) is 5.77. The monoisotopic (exact) mass is 316 g/mol. The number of carbonyl (C=O) groups is 1. The van der Waals surface area contributed by atoms with Gasteiger partial charge in [0.05, 0.1) is 0 Å². The maximum atomic E-state index is 12.6. The molecule has 96 valence electrons. The molecule has 0 fully saturated rings. The number of ketones is 1. The highest BCUT2D eigenvalue weighted by atomic mass is 79.9. The summed E-state index contributed by atoms with van der Waals surface area (Å²) < 4.78 is 0.975. The SMILES string of the molecule is O=C(c1ccccc1)C1(O)CCc2cc(Br)ccc21. The Morgan fingerprint density at radius 2 is 1.89 bits per heavy atom. The van der Waals surface area contributed by atoms with Crippen LogP contribution in [0.1, 0.15) is 27.9 Å². The molecule has 19 heavy (non-hydrogen) atoms. The minimum Gasteiger partial charge on any atom is -0.377 e. The van der Waals surface area contributed by atoms with Gasteiger partial charge in [0.2, 0.25) is 0 Å². The van der Waals surface area contributed by atoms with E-state index in [4.69, 9.17) is 0 Å². The van der Waals surface area contributed by atoms with Gasteiger partial charge in [0.1, 0.15) is 0 Å². The second kappa shape index (κ2) is 4.58. The van der Waals surface area contributed by atoms with Crippen molar-refractivity contribution in [2.24, 2.45) is 0 Å². The fraction of sp³-hybridized carbons (Fsp3) is 0.188. The Balaban J connectivity index is 2.05. The molecule has 0 spiro atoms. The summed E-state index contributed by atoms with van der Waals surface area (Å²) in [6, 6.07) is 14.7. The Kier molecular flexibility index (Phi) is 3.03. The normalized spacial score (nSPS) is 21.2. The van der Waals surface area contributed by atoms with Crippen molar-refractivity contribution < 1.29 is 9.90 Å². The van der Waals surface area contributed by atoms with Gasteiger partial charge in [-0.05, 0) is 36.1 Å². The minimum absolute atomic E-state index is 0.214. The summed E-state index contributed by atoms with van der Waals surface area (Å²) in [5, 5.41) is 10.8. The summed E-state index contributed by atoms with van der Waals surface area (Å²) in [4.78, 5) is 12.6. The lowest BCUT2D eigenvalue weighted by molar-refractivity contribution is 0.0308. The summed E-state index contributed by atoms with van der Waals surface area (Å²) in [5.74, 6) is -0.214. The van der Waals surface area contributed by atoms with Gasteiger partial charge >= 0.3 is 0 Å². The average Bonchev–Trinajstić information content (AvgIpc) is 2.77. The molecule has 1 N–H and O–H groups in total. The third-order valence-corrected chi connectivity index (χ3v) is 4.17. The number of carbonyl (C=O) groups excluding carboxylic acids is 1. The summed E-state index contributed by atoms with van der Waals surface area (Å²) in [6.07, 6.45) is 1.18. The van der Waals surface area contributed by atoms with Gasteiger partial charge in [-0.15, -0.1) is 0 Å². The lowest BCUT2D eigenvalue weighted by Gasteiger charge is -2.22. The van der Waals surface area contributed by atoms with Gasteiger partial charge in [0.15, 0.2) is 11.4 Å². The van der Waals surface area contributed by atoms with Crippen LogP contribution in [0.25, 0.3) is 0 Å². The number of hydrogen-bond donors (Lipinski definition) is 1. The largest absolute Gasteiger partial charge is 0.377 e. The maximum Gasteiger partial charge on any atom is 0.198 e. The zero-order valence-corrected chi connectivity index (χ0v) is 11.9. The first kappa shape index (κ1) is 12.6. The van der Waals surface area contributed by atoms with Crippen LogP contribution in [-0.2, 0) is 12.0 Å². The standard InChI is InChI=1S/C16H13BrO2/c17-13-6-7-14-12(10-13)8-9-16(14,19)15(18)11-4-2-1-3-5-11/h1-7,10,19H,8-9H2. The van der Waals surface area contributed by atoms with Gasteiger partial charge in [0, 0.05) is 10.0 Å². The second-order valence-electron chi connectivity index (χ2n) is 4.86. The molecule has 0 saturated heterocycles. The van der Waals surface area contributed by atoms with Crippen molar-refractivity contribution in [1.29, 1.82) is 0 Å². The molecule has 3 rings (SSSR count). The Morgan fingerprint density at radius 1 is 1.16 bits per heavy atom. The molecule has 2 aromatic carbocycles. The molecule has 0 bridgehead atoms. The number of rotatable bonds is 2. The number of hydrogen-bond acceptors (Lipinski definition) is 2. The smallest absolute Gasteiger partial charge is 0.198 e. The number of fused-ring (bicyclic) bond motifs is 1. The number of aryl methyl sites for hydroxylation is 1. The predicted molar refractivity (Wildman–Crippen MR) is 77.1 cm³/mol. The number of aliphatic hydroxyl groups is 1. The first-order chi connectivity index (χ1) is 9.11. The molecule has 0 amide bonds. The minimum atomic E-state index is -1.38. The lowest BCUT2D eigenvalue weighted by Crippen LogP contribution is -2.33. The van der Waals surface area contributed by atoms with Crippen molar-refractivity contribution >= 4 is 21.7 Å². The van der Waals surface area contributed by atoms with Crippen molar-refractivity contribution in [3.63, 3.8) is 0 Å². The molecule has 1 aliphatic carbocycles. The molecule has 0 saturated carbocycles. The van der Waals surface area contributed by atoms with Gasteiger partial charge in [-0.3, -0.25) is 4.79 Å². The molecule has 0 aromatic heterocycles. The van der Waals surface area contributed by atoms with E-state index in [9.17, 15) is 9.90 Å². The highest BCUT2D eigenvalue weighted by Gasteiger charge is 2.43. The zero-order valence-electron chi connectivity index (χ0n) is 10.3. The molecule has 1 unspecified atom stereocenters. The van der Waals surface area contributed by atoms with Crippen LogP contribution in [0.2, 0.25) is 0 Å². The van der Waals surface area contributed by atoms with Crippen molar-refractivity contribution in [3.05, 3.63) is 69.7 Å². The summed E-state index contributed by atoms with van der Waals surface area (Å²) in [6.45, 7) is 0. The van der Waals surface area contributed by atoms with Gasteiger partial charge in [0.25, 0.3) is 0 Å². The third kappa shape index (κ3) is 2.03. The molecule has 0 aliphatic heterocycles. The van der Waals surface area contributed by atoms with E-state index >= 15 is 0 Å². The van der Waals surface area contributed by atoms with Crippen LogP contribution in [0.4, 0.5) is 0 Å². The third-order valence-electron chi connectivity index (χ3n) is 3.68. The highest BCUT2D eigenvalue weighted by Crippen LogP contribution is 2.40. The summed E-state index contributed by atoms with van der Waals surface area (Å²) in [5.41, 5.74) is 0.962. The fourth-order valence-corrected chi connectivity index (χ4v) is 3.10. The van der Waals surface area contributed by atoms with Gasteiger partial charge < -0.3 is 5.11 Å². The highest BCUT2D eigenvalue weighted by molar-refractivity contribution is 9.10. The van der Waals surface area contributed by atoms with Crippen molar-refractivity contribution in [2.75, 3.05) is 0 Å². The molecule has 1 aliphatic rings. The quantitative estimate of drug-likeness (QED) is 0.861. The van der Waals surface area contributed by atoms with E-state index in [1.165, 1.54) is 0 Å². The summed E-state index contributed by atoms with van der Waals surface area (Å²) in [7, 11) is 0. The molecule has 2 nitrogen and oxygen atoms in total. The Morgan fingerprint density at radius 3 is 2.63 bits per heavy atom. The molecular weight excluding hydrogens is 304 g/mol. The van der Waals surface area contributed by atoms with E-state index in [1.54, 1.807) is 12.1 Å². The van der Waals surface area contributed by atoms with Crippen LogP contribution < -0.4 is 0 Å². The van der Waals surface area contributed by atoms with E-state index in [0.717, 1.165) is 22.0 Å². The molecular formula is C16H13BrO2. The first-order valence-electron chi connectivity index (χ1n) is 6.22. The summed E-state index contributed by atoms with van der Waals surface area (Å²) >= 11 is 3.42.